The van der Waals surface area contributed by atoms with E-state index in [1.54, 1.807) is 6.92 Å². The lowest BCUT2D eigenvalue weighted by atomic mass is 10.2. The number of carbonyl (C=O) groups is 1. The fraction of sp³-hybridized carbons (Fsp3) is 0.278. The number of benzene rings is 2. The highest BCUT2D eigenvalue weighted by Gasteiger charge is 2.19. The monoisotopic (exact) mass is 315 g/mol. The summed E-state index contributed by atoms with van der Waals surface area (Å²) in [7, 11) is -1.22. The molecule has 0 heterocycles. The molecule has 0 aliphatic heterocycles. The third-order valence-electron chi connectivity index (χ3n) is 3.46. The van der Waals surface area contributed by atoms with Crippen LogP contribution in [0.1, 0.15) is 23.6 Å². The first-order valence-electron chi connectivity index (χ1n) is 7.30. The highest BCUT2D eigenvalue weighted by molar-refractivity contribution is 7.85. The van der Waals surface area contributed by atoms with Gasteiger partial charge in [0.05, 0.1) is 0 Å². The third-order valence-corrected chi connectivity index (χ3v) is 5.09. The fourth-order valence-corrected chi connectivity index (χ4v) is 3.22. The van der Waals surface area contributed by atoms with Crippen molar-refractivity contribution in [3.05, 3.63) is 71.3 Å². The third kappa shape index (κ3) is 4.81. The molecule has 1 N–H and O–H groups in total. The van der Waals surface area contributed by atoms with Crippen LogP contribution < -0.4 is 5.32 Å². The normalized spacial score (nSPS) is 13.4. The Bertz CT molecular complexity index is 655. The van der Waals surface area contributed by atoms with Crippen LogP contribution in [-0.4, -0.2) is 15.4 Å². The molecule has 1 amide bonds. The molecule has 22 heavy (non-hydrogen) atoms. The second-order valence-electron chi connectivity index (χ2n) is 5.36. The van der Waals surface area contributed by atoms with Gasteiger partial charge in [-0.05, 0) is 25.0 Å². The smallest absolute Gasteiger partial charge is 0.235 e. The Morgan fingerprint density at radius 3 is 2.45 bits per heavy atom. The highest BCUT2D eigenvalue weighted by Crippen LogP contribution is 2.10. The van der Waals surface area contributed by atoms with Crippen LogP contribution >= 0.6 is 0 Å². The first-order chi connectivity index (χ1) is 10.6. The predicted molar refractivity (Wildman–Crippen MR) is 90.8 cm³/mol. The van der Waals surface area contributed by atoms with Crippen molar-refractivity contribution < 1.29 is 9.00 Å². The van der Waals surface area contributed by atoms with Gasteiger partial charge >= 0.3 is 0 Å². The van der Waals surface area contributed by atoms with E-state index in [0.29, 0.717) is 12.3 Å². The summed E-state index contributed by atoms with van der Waals surface area (Å²) in [6, 6.07) is 17.6. The van der Waals surface area contributed by atoms with Gasteiger partial charge in [-0.1, -0.05) is 60.2 Å². The van der Waals surface area contributed by atoms with Crippen molar-refractivity contribution in [1.82, 2.24) is 5.32 Å². The molecule has 2 unspecified atom stereocenters. The topological polar surface area (TPSA) is 46.2 Å². The van der Waals surface area contributed by atoms with Crippen LogP contribution in [0.4, 0.5) is 0 Å². The molecule has 0 bridgehead atoms. The predicted octanol–water partition coefficient (Wildman–Crippen LogP) is 2.95. The summed E-state index contributed by atoms with van der Waals surface area (Å²) in [5.41, 5.74) is 3.17. The zero-order chi connectivity index (χ0) is 15.9. The van der Waals surface area contributed by atoms with E-state index < -0.39 is 16.0 Å². The average molecular weight is 315 g/mol. The van der Waals surface area contributed by atoms with Gasteiger partial charge < -0.3 is 5.32 Å². The number of aryl methyl sites for hydroxylation is 1. The summed E-state index contributed by atoms with van der Waals surface area (Å²) < 4.78 is 12.3. The minimum atomic E-state index is -1.22. The van der Waals surface area contributed by atoms with Crippen molar-refractivity contribution in [3.63, 3.8) is 0 Å². The Labute approximate surface area is 134 Å². The maximum Gasteiger partial charge on any atom is 0.235 e. The molecule has 0 aliphatic rings. The average Bonchev–Trinajstić information content (AvgIpc) is 2.53. The van der Waals surface area contributed by atoms with E-state index in [2.05, 4.69) is 5.32 Å². The molecule has 0 radical (unpaired) electrons. The molecule has 2 aromatic rings. The van der Waals surface area contributed by atoms with Crippen molar-refractivity contribution in [2.24, 2.45) is 0 Å². The molecular formula is C18H21NO2S. The lowest BCUT2D eigenvalue weighted by molar-refractivity contribution is -0.120. The Morgan fingerprint density at radius 2 is 1.77 bits per heavy atom. The summed E-state index contributed by atoms with van der Waals surface area (Å²) in [5.74, 6) is 0.233. The van der Waals surface area contributed by atoms with Crippen LogP contribution in [0, 0.1) is 6.92 Å². The summed E-state index contributed by atoms with van der Waals surface area (Å²) in [6.45, 7) is 4.18. The van der Waals surface area contributed by atoms with E-state index in [0.717, 1.165) is 16.7 Å². The summed E-state index contributed by atoms with van der Waals surface area (Å²) in [4.78, 5) is 12.1. The number of nitrogens with one attached hydrogen (secondary N) is 1. The standard InChI is InChI=1S/C18H21NO2S/c1-14-7-6-10-17(11-14)13-22(21)15(2)18(20)19-12-16-8-4-3-5-9-16/h3-11,15H,12-13H2,1-2H3,(H,19,20). The SMILES string of the molecule is Cc1cccc(CS(=O)C(C)C(=O)NCc2ccccc2)c1. The Kier molecular flexibility index (Phi) is 5.90. The molecule has 0 fully saturated rings. The molecule has 116 valence electrons. The molecule has 2 aromatic carbocycles. The Morgan fingerprint density at radius 1 is 1.09 bits per heavy atom. The molecule has 0 spiro atoms. The zero-order valence-electron chi connectivity index (χ0n) is 12.9. The number of hydrogen-bond acceptors (Lipinski definition) is 2. The van der Waals surface area contributed by atoms with E-state index in [4.69, 9.17) is 0 Å². The molecule has 0 saturated heterocycles. The summed E-state index contributed by atoms with van der Waals surface area (Å²) in [6.07, 6.45) is 0. The minimum Gasteiger partial charge on any atom is -0.351 e. The fourth-order valence-electron chi connectivity index (χ4n) is 2.14. The molecule has 2 atom stereocenters. The minimum absolute atomic E-state index is 0.171. The molecule has 0 aliphatic carbocycles. The van der Waals surface area contributed by atoms with Crippen molar-refractivity contribution in [2.45, 2.75) is 31.4 Å². The van der Waals surface area contributed by atoms with Crippen LogP contribution in [0.2, 0.25) is 0 Å². The lowest BCUT2D eigenvalue weighted by Gasteiger charge is -2.12. The molecular weight excluding hydrogens is 294 g/mol. The van der Waals surface area contributed by atoms with Crippen LogP contribution in [0.3, 0.4) is 0 Å². The maximum absolute atomic E-state index is 12.3. The maximum atomic E-state index is 12.3. The van der Waals surface area contributed by atoms with Crippen LogP contribution in [0.25, 0.3) is 0 Å². The van der Waals surface area contributed by atoms with Crippen LogP contribution in [-0.2, 0) is 27.9 Å². The molecule has 3 nitrogen and oxygen atoms in total. The van der Waals surface area contributed by atoms with Gasteiger partial charge in [0.15, 0.2) is 0 Å². The second kappa shape index (κ2) is 7.90. The molecule has 4 heteroatoms. The zero-order valence-corrected chi connectivity index (χ0v) is 13.7. The van der Waals surface area contributed by atoms with Gasteiger partial charge in [0, 0.05) is 23.1 Å². The first kappa shape index (κ1) is 16.4. The van der Waals surface area contributed by atoms with Crippen molar-refractivity contribution in [3.8, 4) is 0 Å². The summed E-state index contributed by atoms with van der Waals surface area (Å²) >= 11 is 0. The van der Waals surface area contributed by atoms with Gasteiger partial charge in [0.1, 0.15) is 5.25 Å². The number of hydrogen-bond donors (Lipinski definition) is 1. The lowest BCUT2D eigenvalue weighted by Crippen LogP contribution is -2.35. The van der Waals surface area contributed by atoms with Gasteiger partial charge in [-0.15, -0.1) is 0 Å². The second-order valence-corrected chi connectivity index (χ2v) is 7.12. The van der Waals surface area contributed by atoms with Crippen molar-refractivity contribution in [1.29, 1.82) is 0 Å². The summed E-state index contributed by atoms with van der Waals surface area (Å²) in [5, 5.41) is 2.32. The molecule has 2 rings (SSSR count). The molecule has 0 saturated carbocycles. The van der Waals surface area contributed by atoms with Crippen LogP contribution in [0.15, 0.2) is 54.6 Å². The van der Waals surface area contributed by atoms with Crippen molar-refractivity contribution in [2.75, 3.05) is 0 Å². The van der Waals surface area contributed by atoms with Gasteiger partial charge in [-0.25, -0.2) is 0 Å². The van der Waals surface area contributed by atoms with E-state index in [1.807, 2.05) is 61.5 Å². The molecule has 0 aromatic heterocycles. The quantitative estimate of drug-likeness (QED) is 0.891. The van der Waals surface area contributed by atoms with Gasteiger partial charge in [-0.3, -0.25) is 9.00 Å². The van der Waals surface area contributed by atoms with Crippen molar-refractivity contribution >= 4 is 16.7 Å². The van der Waals surface area contributed by atoms with E-state index in [-0.39, 0.29) is 5.91 Å². The van der Waals surface area contributed by atoms with E-state index >= 15 is 0 Å². The van der Waals surface area contributed by atoms with Crippen LogP contribution in [0.5, 0.6) is 0 Å². The van der Waals surface area contributed by atoms with Gasteiger partial charge in [-0.2, -0.15) is 0 Å². The largest absolute Gasteiger partial charge is 0.351 e. The van der Waals surface area contributed by atoms with Gasteiger partial charge in [0.25, 0.3) is 0 Å². The Balaban J connectivity index is 1.88. The van der Waals surface area contributed by atoms with E-state index in [9.17, 15) is 9.00 Å². The number of carbonyl (C=O) groups excluding carboxylic acids is 1. The Hall–Kier alpha value is -1.94. The highest BCUT2D eigenvalue weighted by atomic mass is 32.2. The van der Waals surface area contributed by atoms with E-state index in [1.165, 1.54) is 0 Å². The number of rotatable bonds is 6. The number of amides is 1. The first-order valence-corrected chi connectivity index (χ1v) is 8.69. The van der Waals surface area contributed by atoms with Gasteiger partial charge in [0.2, 0.25) is 5.91 Å².